The molecule has 0 saturated heterocycles. The largest absolute Gasteiger partial charge is 0.433 e. The maximum Gasteiger partial charge on any atom is 0.433 e. The summed E-state index contributed by atoms with van der Waals surface area (Å²) in [5.41, 5.74) is 0.0446. The van der Waals surface area contributed by atoms with Gasteiger partial charge in [0.1, 0.15) is 11.5 Å². The van der Waals surface area contributed by atoms with E-state index in [2.05, 4.69) is 15.3 Å². The predicted molar refractivity (Wildman–Crippen MR) is 95.6 cm³/mol. The molecule has 140 valence electrons. The number of aromatic nitrogens is 3. The Balaban J connectivity index is 1.88. The van der Waals surface area contributed by atoms with Gasteiger partial charge in [-0.05, 0) is 37.3 Å². The molecule has 5 nitrogen and oxygen atoms in total. The molecular formula is C18H14ClF3N4O. The predicted octanol–water partition coefficient (Wildman–Crippen LogP) is 4.72. The van der Waals surface area contributed by atoms with Gasteiger partial charge in [0.15, 0.2) is 0 Å². The highest BCUT2D eigenvalue weighted by atomic mass is 35.5. The molecule has 0 unspecified atom stereocenters. The van der Waals surface area contributed by atoms with Gasteiger partial charge in [-0.15, -0.1) is 0 Å². The number of aryl methyl sites for hydroxylation is 2. The van der Waals surface area contributed by atoms with E-state index in [1.807, 2.05) is 0 Å². The second-order valence-electron chi connectivity index (χ2n) is 5.84. The molecule has 0 aliphatic carbocycles. The summed E-state index contributed by atoms with van der Waals surface area (Å²) in [5, 5.41) is 3.10. The number of carbonyl (C=O) groups excluding carboxylic acids is 1. The summed E-state index contributed by atoms with van der Waals surface area (Å²) in [6, 6.07) is 6.74. The highest BCUT2D eigenvalue weighted by Gasteiger charge is 2.33. The zero-order chi connectivity index (χ0) is 19.8. The van der Waals surface area contributed by atoms with Crippen LogP contribution < -0.4 is 5.32 Å². The van der Waals surface area contributed by atoms with E-state index < -0.39 is 17.8 Å². The normalized spacial score (nSPS) is 11.5. The Morgan fingerprint density at radius 1 is 1.22 bits per heavy atom. The molecule has 3 aromatic rings. The fraction of sp³-hybridized carbons (Fsp3) is 0.167. The number of halogens is 4. The van der Waals surface area contributed by atoms with Gasteiger partial charge in [0.2, 0.25) is 0 Å². The van der Waals surface area contributed by atoms with Crippen LogP contribution in [0.2, 0.25) is 5.02 Å². The Hall–Kier alpha value is -2.87. The average Bonchev–Trinajstić information content (AvgIpc) is 3.01. The minimum atomic E-state index is -4.56. The van der Waals surface area contributed by atoms with Gasteiger partial charge < -0.3 is 9.88 Å². The standard InChI is InChI=1S/C18H14ClF3N4O/c1-10-12(4-6-15(24-10)18(20,21)22)17(27)25-11-3-5-14(19)13(9-11)16-23-7-8-26(16)2/h3-9H,1-2H3,(H,25,27). The van der Waals surface area contributed by atoms with Crippen molar-refractivity contribution in [3.8, 4) is 11.4 Å². The molecule has 0 fully saturated rings. The lowest BCUT2D eigenvalue weighted by Crippen LogP contribution is -2.16. The fourth-order valence-electron chi connectivity index (χ4n) is 2.56. The summed E-state index contributed by atoms with van der Waals surface area (Å²) in [5.74, 6) is 0.0466. The van der Waals surface area contributed by atoms with Crippen molar-refractivity contribution in [3.05, 3.63) is 64.7 Å². The minimum absolute atomic E-state index is 0.0133. The van der Waals surface area contributed by atoms with E-state index in [0.717, 1.165) is 12.1 Å². The van der Waals surface area contributed by atoms with Crippen molar-refractivity contribution in [2.45, 2.75) is 13.1 Å². The summed E-state index contributed by atoms with van der Waals surface area (Å²) in [7, 11) is 1.81. The molecule has 1 aromatic carbocycles. The monoisotopic (exact) mass is 394 g/mol. The van der Waals surface area contributed by atoms with Crippen molar-refractivity contribution in [2.75, 3.05) is 5.32 Å². The van der Waals surface area contributed by atoms with Crippen LogP contribution in [0, 0.1) is 6.92 Å². The number of nitrogens with zero attached hydrogens (tertiary/aromatic N) is 3. The first kappa shape index (κ1) is 18.9. The van der Waals surface area contributed by atoms with Gasteiger partial charge >= 0.3 is 6.18 Å². The van der Waals surface area contributed by atoms with Crippen molar-refractivity contribution >= 4 is 23.2 Å². The van der Waals surface area contributed by atoms with Gasteiger partial charge in [-0.25, -0.2) is 9.97 Å². The van der Waals surface area contributed by atoms with E-state index >= 15 is 0 Å². The smallest absolute Gasteiger partial charge is 0.334 e. The van der Waals surface area contributed by atoms with E-state index in [4.69, 9.17) is 11.6 Å². The Kier molecular flexibility index (Phi) is 4.93. The quantitative estimate of drug-likeness (QED) is 0.699. The number of alkyl halides is 3. The number of amides is 1. The molecule has 0 saturated carbocycles. The molecule has 9 heteroatoms. The number of benzene rings is 1. The summed E-state index contributed by atoms with van der Waals surface area (Å²) in [6.07, 6.45) is -1.19. The maximum atomic E-state index is 12.7. The van der Waals surface area contributed by atoms with Crippen LogP contribution in [0.1, 0.15) is 21.7 Å². The first-order valence-corrected chi connectivity index (χ1v) is 8.18. The Morgan fingerprint density at radius 3 is 2.56 bits per heavy atom. The van der Waals surface area contributed by atoms with E-state index in [9.17, 15) is 18.0 Å². The van der Waals surface area contributed by atoms with Crippen molar-refractivity contribution < 1.29 is 18.0 Å². The molecule has 1 amide bonds. The van der Waals surface area contributed by atoms with Crippen LogP contribution in [0.25, 0.3) is 11.4 Å². The lowest BCUT2D eigenvalue weighted by atomic mass is 10.1. The highest BCUT2D eigenvalue weighted by Crippen LogP contribution is 2.30. The van der Waals surface area contributed by atoms with Gasteiger partial charge in [-0.3, -0.25) is 4.79 Å². The number of rotatable bonds is 3. The second kappa shape index (κ2) is 7.03. The molecule has 0 aliphatic heterocycles. The van der Waals surface area contributed by atoms with Gasteiger partial charge in [0, 0.05) is 30.7 Å². The maximum absolute atomic E-state index is 12.7. The van der Waals surface area contributed by atoms with E-state index in [0.29, 0.717) is 22.1 Å². The Morgan fingerprint density at radius 2 is 1.96 bits per heavy atom. The molecule has 0 atom stereocenters. The number of hydrogen-bond donors (Lipinski definition) is 1. The first-order chi connectivity index (χ1) is 12.7. The molecule has 0 radical (unpaired) electrons. The average molecular weight is 395 g/mol. The van der Waals surface area contributed by atoms with Crippen LogP contribution in [0.5, 0.6) is 0 Å². The van der Waals surface area contributed by atoms with E-state index in [1.165, 1.54) is 6.92 Å². The molecule has 0 bridgehead atoms. The zero-order valence-electron chi connectivity index (χ0n) is 14.3. The summed E-state index contributed by atoms with van der Waals surface area (Å²) < 4.78 is 39.9. The lowest BCUT2D eigenvalue weighted by molar-refractivity contribution is -0.141. The van der Waals surface area contributed by atoms with Crippen molar-refractivity contribution in [1.29, 1.82) is 0 Å². The first-order valence-electron chi connectivity index (χ1n) is 7.80. The van der Waals surface area contributed by atoms with Gasteiger partial charge in [-0.2, -0.15) is 13.2 Å². The van der Waals surface area contributed by atoms with Crippen molar-refractivity contribution in [2.24, 2.45) is 7.05 Å². The molecule has 0 aliphatic rings. The van der Waals surface area contributed by atoms with E-state index in [-0.39, 0.29) is 11.3 Å². The number of pyridine rings is 1. The molecule has 27 heavy (non-hydrogen) atoms. The second-order valence-corrected chi connectivity index (χ2v) is 6.24. The Bertz CT molecular complexity index is 1010. The third-order valence-electron chi connectivity index (χ3n) is 3.91. The fourth-order valence-corrected chi connectivity index (χ4v) is 2.76. The Labute approximate surface area is 157 Å². The van der Waals surface area contributed by atoms with Crippen molar-refractivity contribution in [1.82, 2.24) is 14.5 Å². The van der Waals surface area contributed by atoms with Crippen LogP contribution >= 0.6 is 11.6 Å². The minimum Gasteiger partial charge on any atom is -0.334 e. The molecule has 2 heterocycles. The number of hydrogen-bond acceptors (Lipinski definition) is 3. The summed E-state index contributed by atoms with van der Waals surface area (Å²) in [4.78, 5) is 20.2. The van der Waals surface area contributed by atoms with Gasteiger partial charge in [0.05, 0.1) is 16.3 Å². The van der Waals surface area contributed by atoms with Gasteiger partial charge in [-0.1, -0.05) is 11.6 Å². The molecule has 0 spiro atoms. The number of imidazole rings is 1. The molecule has 3 rings (SSSR count). The third-order valence-corrected chi connectivity index (χ3v) is 4.24. The van der Waals surface area contributed by atoms with Crippen LogP contribution in [0.15, 0.2) is 42.7 Å². The number of anilines is 1. The van der Waals surface area contributed by atoms with Crippen LogP contribution in [0.3, 0.4) is 0 Å². The third kappa shape index (κ3) is 3.95. The summed E-state index contributed by atoms with van der Waals surface area (Å²) >= 11 is 6.22. The van der Waals surface area contributed by atoms with Crippen LogP contribution in [-0.4, -0.2) is 20.4 Å². The van der Waals surface area contributed by atoms with Crippen LogP contribution in [0.4, 0.5) is 18.9 Å². The van der Waals surface area contributed by atoms with E-state index in [1.54, 1.807) is 42.2 Å². The molecule has 1 N–H and O–H groups in total. The topological polar surface area (TPSA) is 59.8 Å². The molecule has 2 aromatic heterocycles. The lowest BCUT2D eigenvalue weighted by Gasteiger charge is -2.12. The zero-order valence-corrected chi connectivity index (χ0v) is 15.1. The van der Waals surface area contributed by atoms with Crippen molar-refractivity contribution in [3.63, 3.8) is 0 Å². The number of carbonyl (C=O) groups is 1. The van der Waals surface area contributed by atoms with Gasteiger partial charge in [0.25, 0.3) is 5.91 Å². The summed E-state index contributed by atoms with van der Waals surface area (Å²) in [6.45, 7) is 1.35. The molecular weight excluding hydrogens is 381 g/mol. The number of nitrogens with one attached hydrogen (secondary N) is 1. The highest BCUT2D eigenvalue weighted by molar-refractivity contribution is 6.33. The van der Waals surface area contributed by atoms with Crippen LogP contribution in [-0.2, 0) is 13.2 Å². The SMILES string of the molecule is Cc1nc(C(F)(F)F)ccc1C(=O)Nc1ccc(Cl)c(-c2nccn2C)c1.